The number of carbonyl (C=O) groups is 2. The van der Waals surface area contributed by atoms with E-state index in [0.29, 0.717) is 18.4 Å². The lowest BCUT2D eigenvalue weighted by molar-refractivity contribution is -0.140. The molecule has 0 aromatic heterocycles. The van der Waals surface area contributed by atoms with Gasteiger partial charge in [-0.15, -0.1) is 0 Å². The van der Waals surface area contributed by atoms with Crippen molar-refractivity contribution in [2.24, 2.45) is 17.8 Å². The zero-order valence-corrected chi connectivity index (χ0v) is 12.8. The molecule has 5 atom stereocenters. The van der Waals surface area contributed by atoms with Gasteiger partial charge in [0.05, 0.1) is 12.5 Å². The van der Waals surface area contributed by atoms with Crippen molar-refractivity contribution in [3.8, 4) is 0 Å². The summed E-state index contributed by atoms with van der Waals surface area (Å²) in [7, 11) is 0. The van der Waals surface area contributed by atoms with E-state index in [1.807, 2.05) is 13.8 Å². The molecule has 0 aromatic carbocycles. The average molecular weight is 278 g/mol. The summed E-state index contributed by atoms with van der Waals surface area (Å²) in [6.45, 7) is 6.00. The van der Waals surface area contributed by atoms with Crippen molar-refractivity contribution in [3.63, 3.8) is 0 Å². The number of hydrogen-bond donors (Lipinski definition) is 1. The first-order chi connectivity index (χ1) is 9.47. The van der Waals surface area contributed by atoms with E-state index in [0.717, 1.165) is 11.8 Å². The van der Waals surface area contributed by atoms with Crippen LogP contribution in [0.3, 0.4) is 0 Å². The van der Waals surface area contributed by atoms with Crippen LogP contribution < -0.4 is 5.32 Å². The van der Waals surface area contributed by atoms with Crippen molar-refractivity contribution in [2.75, 3.05) is 0 Å². The van der Waals surface area contributed by atoms with Gasteiger partial charge >= 0.3 is 0 Å². The van der Waals surface area contributed by atoms with Gasteiger partial charge in [0, 0.05) is 12.1 Å². The largest absolute Gasteiger partial charge is 0.303 e. The van der Waals surface area contributed by atoms with Gasteiger partial charge in [-0.2, -0.15) is 0 Å². The Morgan fingerprint density at radius 3 is 2.40 bits per heavy atom. The third-order valence-electron chi connectivity index (χ3n) is 5.60. The van der Waals surface area contributed by atoms with Crippen LogP contribution in [0.15, 0.2) is 0 Å². The maximum Gasteiger partial charge on any atom is 0.247 e. The zero-order chi connectivity index (χ0) is 14.4. The molecule has 4 nitrogen and oxygen atoms in total. The van der Waals surface area contributed by atoms with E-state index in [2.05, 4.69) is 12.2 Å². The summed E-state index contributed by atoms with van der Waals surface area (Å²) < 4.78 is 0. The molecule has 1 saturated heterocycles. The lowest BCUT2D eigenvalue weighted by atomic mass is 9.83. The maximum atomic E-state index is 12.3. The second-order valence-corrected chi connectivity index (χ2v) is 7.25. The minimum absolute atomic E-state index is 0.0253. The normalized spacial score (nSPS) is 38.3. The molecule has 5 unspecified atom stereocenters. The first-order valence-corrected chi connectivity index (χ1v) is 8.09. The highest BCUT2D eigenvalue weighted by Crippen LogP contribution is 2.49. The van der Waals surface area contributed by atoms with E-state index in [1.165, 1.54) is 30.6 Å². The van der Waals surface area contributed by atoms with Crippen LogP contribution in [0.2, 0.25) is 0 Å². The van der Waals surface area contributed by atoms with Gasteiger partial charge in [-0.05, 0) is 57.8 Å². The summed E-state index contributed by atoms with van der Waals surface area (Å²) in [6.07, 6.45) is 5.78. The smallest absolute Gasteiger partial charge is 0.247 e. The molecule has 0 aromatic rings. The fourth-order valence-corrected chi connectivity index (χ4v) is 4.67. The minimum atomic E-state index is -0.293. The summed E-state index contributed by atoms with van der Waals surface area (Å²) in [6, 6.07) is 0.0257. The van der Waals surface area contributed by atoms with Gasteiger partial charge in [-0.3, -0.25) is 14.5 Å². The van der Waals surface area contributed by atoms with Crippen LogP contribution in [0.5, 0.6) is 0 Å². The number of carbonyl (C=O) groups excluding carboxylic acids is 2. The summed E-state index contributed by atoms with van der Waals surface area (Å²) in [5.74, 6) is 2.41. The molecular weight excluding hydrogens is 252 g/mol. The Labute approximate surface area is 121 Å². The number of fused-ring (bicyclic) bond motifs is 2. The number of hydrogen-bond acceptors (Lipinski definition) is 3. The van der Waals surface area contributed by atoms with Crippen LogP contribution in [0.1, 0.15) is 52.9 Å². The number of likely N-dealkylation sites (tertiary alicyclic amines) is 1. The van der Waals surface area contributed by atoms with Gasteiger partial charge in [0.1, 0.15) is 0 Å². The van der Waals surface area contributed by atoms with E-state index < -0.39 is 0 Å². The van der Waals surface area contributed by atoms with Gasteiger partial charge in [-0.25, -0.2) is 0 Å². The maximum absolute atomic E-state index is 12.3. The first-order valence-electron chi connectivity index (χ1n) is 8.09. The molecule has 3 aliphatic rings. The second-order valence-electron chi connectivity index (χ2n) is 7.25. The summed E-state index contributed by atoms with van der Waals surface area (Å²) in [5, 5.41) is 3.46. The van der Waals surface area contributed by atoms with Crippen LogP contribution in [-0.4, -0.2) is 34.8 Å². The Morgan fingerprint density at radius 1 is 1.15 bits per heavy atom. The molecule has 1 heterocycles. The standard InChI is InChI=1S/C16H26N2O2/c1-9(2)18-15(19)8-14(16(18)20)17-10(3)13-7-11-4-5-12(13)6-11/h9-14,17H,4-8H2,1-3H3. The quantitative estimate of drug-likeness (QED) is 0.800. The van der Waals surface area contributed by atoms with Crippen LogP contribution >= 0.6 is 0 Å². The predicted molar refractivity (Wildman–Crippen MR) is 76.9 cm³/mol. The summed E-state index contributed by atoms with van der Waals surface area (Å²) in [4.78, 5) is 25.7. The number of imide groups is 1. The topological polar surface area (TPSA) is 49.4 Å². The Kier molecular flexibility index (Phi) is 3.61. The van der Waals surface area contributed by atoms with E-state index >= 15 is 0 Å². The lowest BCUT2D eigenvalue weighted by Gasteiger charge is -2.30. The van der Waals surface area contributed by atoms with Crippen molar-refractivity contribution < 1.29 is 9.59 Å². The predicted octanol–water partition coefficient (Wildman–Crippen LogP) is 1.94. The molecule has 1 N–H and O–H groups in total. The first kappa shape index (κ1) is 14.1. The number of amides is 2. The zero-order valence-electron chi connectivity index (χ0n) is 12.8. The van der Waals surface area contributed by atoms with Crippen LogP contribution in [0, 0.1) is 17.8 Å². The third-order valence-corrected chi connectivity index (χ3v) is 5.60. The molecule has 3 fully saturated rings. The average Bonchev–Trinajstić information content (AvgIpc) is 3.04. The minimum Gasteiger partial charge on any atom is -0.303 e. The summed E-state index contributed by atoms with van der Waals surface area (Å²) in [5.41, 5.74) is 0. The molecular formula is C16H26N2O2. The van der Waals surface area contributed by atoms with Crippen molar-refractivity contribution in [3.05, 3.63) is 0 Å². The third kappa shape index (κ3) is 2.28. The van der Waals surface area contributed by atoms with E-state index in [9.17, 15) is 9.59 Å². The van der Waals surface area contributed by atoms with Crippen molar-refractivity contribution in [1.82, 2.24) is 10.2 Å². The molecule has 0 radical (unpaired) electrons. The van der Waals surface area contributed by atoms with Gasteiger partial charge in [0.25, 0.3) is 0 Å². The highest BCUT2D eigenvalue weighted by molar-refractivity contribution is 6.05. The Morgan fingerprint density at radius 2 is 1.90 bits per heavy atom. The molecule has 2 amide bonds. The molecule has 0 spiro atoms. The van der Waals surface area contributed by atoms with Gasteiger partial charge in [-0.1, -0.05) is 6.42 Å². The monoisotopic (exact) mass is 278 g/mol. The second kappa shape index (κ2) is 5.14. The number of rotatable bonds is 4. The number of nitrogens with zero attached hydrogens (tertiary/aromatic N) is 1. The highest BCUT2D eigenvalue weighted by Gasteiger charge is 2.45. The highest BCUT2D eigenvalue weighted by atomic mass is 16.2. The molecule has 4 heteroatoms. The molecule has 112 valence electrons. The number of nitrogens with one attached hydrogen (secondary N) is 1. The lowest BCUT2D eigenvalue weighted by Crippen LogP contribution is -2.47. The van der Waals surface area contributed by atoms with Gasteiger partial charge < -0.3 is 5.32 Å². The van der Waals surface area contributed by atoms with Crippen molar-refractivity contribution in [2.45, 2.75) is 71.0 Å². The molecule has 3 rings (SSSR count). The van der Waals surface area contributed by atoms with Gasteiger partial charge in [0.15, 0.2) is 0 Å². The Balaban J connectivity index is 1.61. The van der Waals surface area contributed by atoms with E-state index in [1.54, 1.807) is 0 Å². The van der Waals surface area contributed by atoms with Crippen molar-refractivity contribution >= 4 is 11.8 Å². The molecule has 1 aliphatic heterocycles. The molecule has 2 saturated carbocycles. The van der Waals surface area contributed by atoms with Crippen LogP contribution in [0.4, 0.5) is 0 Å². The van der Waals surface area contributed by atoms with Crippen LogP contribution in [-0.2, 0) is 9.59 Å². The Hall–Kier alpha value is -0.900. The fourth-order valence-electron chi connectivity index (χ4n) is 4.67. The molecule has 2 aliphatic carbocycles. The SMILES string of the molecule is CC(NC1CC(=O)N(C(C)C)C1=O)C1CC2CCC1C2. The molecule has 20 heavy (non-hydrogen) atoms. The van der Waals surface area contributed by atoms with E-state index in [-0.39, 0.29) is 23.9 Å². The van der Waals surface area contributed by atoms with Crippen molar-refractivity contribution in [1.29, 1.82) is 0 Å². The fraction of sp³-hybridized carbons (Fsp3) is 0.875. The molecule has 2 bridgehead atoms. The van der Waals surface area contributed by atoms with E-state index in [4.69, 9.17) is 0 Å². The van der Waals surface area contributed by atoms with Crippen LogP contribution in [0.25, 0.3) is 0 Å². The Bertz CT molecular complexity index is 421. The van der Waals surface area contributed by atoms with Gasteiger partial charge in [0.2, 0.25) is 11.8 Å². The summed E-state index contributed by atoms with van der Waals surface area (Å²) >= 11 is 0.